The molecule has 0 radical (unpaired) electrons. The minimum Gasteiger partial charge on any atom is -0.497 e. The topological polar surface area (TPSA) is 71.2 Å². The number of aromatic nitrogens is 1. The van der Waals surface area contributed by atoms with Crippen molar-refractivity contribution in [3.63, 3.8) is 0 Å². The molecular weight excluding hydrogens is 268 g/mol. The van der Waals surface area contributed by atoms with Crippen LogP contribution in [0.25, 0.3) is 21.8 Å². The molecule has 1 aliphatic heterocycles. The molecule has 0 bridgehead atoms. The molecule has 2 heterocycles. The van der Waals surface area contributed by atoms with Gasteiger partial charge in [0.05, 0.1) is 18.2 Å². The highest BCUT2D eigenvalue weighted by atomic mass is 16.5. The van der Waals surface area contributed by atoms with Crippen LogP contribution in [0.2, 0.25) is 0 Å². The number of benzene rings is 2. The third kappa shape index (κ3) is 1.45. The van der Waals surface area contributed by atoms with Crippen LogP contribution in [-0.4, -0.2) is 23.9 Å². The smallest absolute Gasteiger partial charge is 0.259 e. The van der Waals surface area contributed by atoms with Gasteiger partial charge in [-0.2, -0.15) is 0 Å². The number of hydrogen-bond donors (Lipinski definition) is 2. The first kappa shape index (κ1) is 12.0. The molecule has 5 heteroatoms. The van der Waals surface area contributed by atoms with Gasteiger partial charge >= 0.3 is 0 Å². The van der Waals surface area contributed by atoms with Crippen molar-refractivity contribution >= 4 is 33.6 Å². The second-order valence-electron chi connectivity index (χ2n) is 5.19. The van der Waals surface area contributed by atoms with Crippen LogP contribution < -0.4 is 10.1 Å². The molecule has 0 spiro atoms. The molecule has 1 aromatic heterocycles. The molecule has 0 saturated heterocycles. The maximum Gasteiger partial charge on any atom is 0.259 e. The van der Waals surface area contributed by atoms with Gasteiger partial charge in [-0.3, -0.25) is 14.9 Å². The number of imide groups is 1. The predicted octanol–water partition coefficient (Wildman–Crippen LogP) is 2.52. The summed E-state index contributed by atoms with van der Waals surface area (Å²) in [6, 6.07) is 7.54. The van der Waals surface area contributed by atoms with E-state index in [1.165, 1.54) is 0 Å². The zero-order valence-corrected chi connectivity index (χ0v) is 11.5. The minimum atomic E-state index is -0.340. The Morgan fingerprint density at radius 1 is 1.00 bits per heavy atom. The molecule has 0 atom stereocenters. The number of fused-ring (bicyclic) bond motifs is 5. The highest BCUT2D eigenvalue weighted by Crippen LogP contribution is 2.35. The van der Waals surface area contributed by atoms with Gasteiger partial charge in [0.25, 0.3) is 11.8 Å². The molecule has 21 heavy (non-hydrogen) atoms. The van der Waals surface area contributed by atoms with Crippen LogP contribution in [0.4, 0.5) is 0 Å². The number of carbonyl (C=O) groups excluding carboxylic acids is 2. The summed E-state index contributed by atoms with van der Waals surface area (Å²) in [5.74, 6) is 0.0431. The molecule has 2 N–H and O–H groups in total. The van der Waals surface area contributed by atoms with Gasteiger partial charge in [0, 0.05) is 21.8 Å². The number of aromatic amines is 1. The van der Waals surface area contributed by atoms with E-state index < -0.39 is 0 Å². The number of H-pyrrole nitrogens is 1. The standard InChI is InChI=1S/C16H12N2O3/c1-7-5-11-13(14-12(7)15(19)18-16(14)20)9-6-8(21-2)3-4-10(9)17-11/h3-6,17H,1-2H3,(H,18,19,20). The van der Waals surface area contributed by atoms with E-state index in [1.807, 2.05) is 31.2 Å². The second-order valence-corrected chi connectivity index (χ2v) is 5.19. The van der Waals surface area contributed by atoms with E-state index in [2.05, 4.69) is 10.3 Å². The molecule has 3 aromatic rings. The molecule has 0 fully saturated rings. The summed E-state index contributed by atoms with van der Waals surface area (Å²) in [5, 5.41) is 4.03. The second kappa shape index (κ2) is 3.85. The van der Waals surface area contributed by atoms with Gasteiger partial charge in [-0.25, -0.2) is 0 Å². The van der Waals surface area contributed by atoms with E-state index in [0.717, 1.165) is 27.4 Å². The van der Waals surface area contributed by atoms with Gasteiger partial charge in [0.1, 0.15) is 5.75 Å². The Kier molecular flexibility index (Phi) is 2.19. The molecule has 0 aliphatic carbocycles. The molecule has 2 aromatic carbocycles. The molecule has 2 amide bonds. The Morgan fingerprint density at radius 3 is 2.52 bits per heavy atom. The van der Waals surface area contributed by atoms with E-state index in [9.17, 15) is 9.59 Å². The molecule has 0 unspecified atom stereocenters. The number of carbonyl (C=O) groups is 2. The zero-order valence-electron chi connectivity index (χ0n) is 11.5. The molecule has 0 saturated carbocycles. The van der Waals surface area contributed by atoms with Crippen molar-refractivity contribution in [2.45, 2.75) is 6.92 Å². The number of aryl methyl sites for hydroxylation is 1. The first-order chi connectivity index (χ1) is 10.1. The SMILES string of the molecule is COc1ccc2[nH]c3cc(C)c4c(c3c2c1)C(=O)NC4=O. The lowest BCUT2D eigenvalue weighted by atomic mass is 9.98. The molecule has 4 rings (SSSR count). The van der Waals surface area contributed by atoms with Gasteiger partial charge < -0.3 is 9.72 Å². The highest BCUT2D eigenvalue weighted by Gasteiger charge is 2.32. The summed E-state index contributed by atoms with van der Waals surface area (Å²) in [7, 11) is 1.60. The van der Waals surface area contributed by atoms with Crippen molar-refractivity contribution < 1.29 is 14.3 Å². The van der Waals surface area contributed by atoms with Gasteiger partial charge in [-0.1, -0.05) is 0 Å². The van der Waals surface area contributed by atoms with Crippen molar-refractivity contribution in [2.24, 2.45) is 0 Å². The van der Waals surface area contributed by atoms with Crippen LogP contribution >= 0.6 is 0 Å². The Balaban J connectivity index is 2.24. The third-order valence-corrected chi connectivity index (χ3v) is 3.97. The van der Waals surface area contributed by atoms with Gasteiger partial charge in [-0.05, 0) is 36.8 Å². The van der Waals surface area contributed by atoms with Crippen LogP contribution in [0.1, 0.15) is 26.3 Å². The van der Waals surface area contributed by atoms with E-state index in [0.29, 0.717) is 16.9 Å². The molecular formula is C16H12N2O3. The summed E-state index contributed by atoms with van der Waals surface area (Å²) in [6.45, 7) is 1.84. The fourth-order valence-electron chi connectivity index (χ4n) is 3.06. The van der Waals surface area contributed by atoms with Crippen LogP contribution in [0, 0.1) is 6.92 Å². The van der Waals surface area contributed by atoms with Gasteiger partial charge in [0.2, 0.25) is 0 Å². The van der Waals surface area contributed by atoms with Gasteiger partial charge in [-0.15, -0.1) is 0 Å². The van der Waals surface area contributed by atoms with E-state index in [-0.39, 0.29) is 11.8 Å². The van der Waals surface area contributed by atoms with Crippen molar-refractivity contribution in [3.05, 3.63) is 41.0 Å². The van der Waals surface area contributed by atoms with Crippen LogP contribution in [0.5, 0.6) is 5.75 Å². The maximum absolute atomic E-state index is 12.2. The predicted molar refractivity (Wildman–Crippen MR) is 78.9 cm³/mol. The summed E-state index contributed by atoms with van der Waals surface area (Å²) >= 11 is 0. The first-order valence-corrected chi connectivity index (χ1v) is 6.59. The molecule has 1 aliphatic rings. The average Bonchev–Trinajstić information content (AvgIpc) is 2.95. The monoisotopic (exact) mass is 280 g/mol. The number of nitrogens with one attached hydrogen (secondary N) is 2. The van der Waals surface area contributed by atoms with E-state index in [1.54, 1.807) is 7.11 Å². The Morgan fingerprint density at radius 2 is 1.76 bits per heavy atom. The summed E-state index contributed by atoms with van der Waals surface area (Å²) in [4.78, 5) is 27.4. The maximum atomic E-state index is 12.2. The third-order valence-electron chi connectivity index (χ3n) is 3.97. The number of amides is 2. The fraction of sp³-hybridized carbons (Fsp3) is 0.125. The lowest BCUT2D eigenvalue weighted by molar-refractivity contribution is 0.0880. The van der Waals surface area contributed by atoms with Gasteiger partial charge in [0.15, 0.2) is 0 Å². The summed E-state index contributed by atoms with van der Waals surface area (Å²) in [5.41, 5.74) is 3.47. The highest BCUT2D eigenvalue weighted by molar-refractivity contribution is 6.30. The largest absolute Gasteiger partial charge is 0.497 e. The average molecular weight is 280 g/mol. The number of ether oxygens (including phenoxy) is 1. The van der Waals surface area contributed by atoms with E-state index in [4.69, 9.17) is 4.74 Å². The van der Waals surface area contributed by atoms with Crippen molar-refractivity contribution in [3.8, 4) is 5.75 Å². The van der Waals surface area contributed by atoms with Crippen LogP contribution in [0.15, 0.2) is 24.3 Å². The molecule has 104 valence electrons. The van der Waals surface area contributed by atoms with Crippen LogP contribution in [-0.2, 0) is 0 Å². The van der Waals surface area contributed by atoms with E-state index >= 15 is 0 Å². The first-order valence-electron chi connectivity index (χ1n) is 6.59. The van der Waals surface area contributed by atoms with Crippen molar-refractivity contribution in [1.82, 2.24) is 10.3 Å². The summed E-state index contributed by atoms with van der Waals surface area (Å²) in [6.07, 6.45) is 0. The minimum absolute atomic E-state index is 0.327. The van der Waals surface area contributed by atoms with Crippen molar-refractivity contribution in [1.29, 1.82) is 0 Å². The zero-order chi connectivity index (χ0) is 14.7. The molecule has 5 nitrogen and oxygen atoms in total. The Bertz CT molecular complexity index is 953. The quantitative estimate of drug-likeness (QED) is 0.673. The Hall–Kier alpha value is -2.82. The number of hydrogen-bond acceptors (Lipinski definition) is 3. The number of rotatable bonds is 1. The lowest BCUT2D eigenvalue weighted by Gasteiger charge is -2.03. The fourth-order valence-corrected chi connectivity index (χ4v) is 3.06. The summed E-state index contributed by atoms with van der Waals surface area (Å²) < 4.78 is 5.25. The van der Waals surface area contributed by atoms with Crippen molar-refractivity contribution in [2.75, 3.05) is 7.11 Å². The lowest BCUT2D eigenvalue weighted by Crippen LogP contribution is -2.20. The normalized spacial score (nSPS) is 13.8. The van der Waals surface area contributed by atoms with Crippen LogP contribution in [0.3, 0.4) is 0 Å². The Labute approximate surface area is 119 Å². The number of methoxy groups -OCH3 is 1.